The van der Waals surface area contributed by atoms with Crippen LogP contribution < -0.4 is 10.1 Å². The van der Waals surface area contributed by atoms with Crippen molar-refractivity contribution in [2.75, 3.05) is 11.9 Å². The second-order valence-electron chi connectivity index (χ2n) is 5.58. The molecule has 1 unspecified atom stereocenters. The quantitative estimate of drug-likeness (QED) is 0.756. The third-order valence-corrected chi connectivity index (χ3v) is 3.62. The van der Waals surface area contributed by atoms with Gasteiger partial charge >= 0.3 is 0 Å². The van der Waals surface area contributed by atoms with Gasteiger partial charge in [0.1, 0.15) is 12.1 Å². The lowest BCUT2D eigenvalue weighted by atomic mass is 10.1. The van der Waals surface area contributed by atoms with Gasteiger partial charge in [0, 0.05) is 6.04 Å². The fraction of sp³-hybridized carbons (Fsp3) is 0.353. The van der Waals surface area contributed by atoms with Gasteiger partial charge in [0.15, 0.2) is 0 Å². The van der Waals surface area contributed by atoms with Gasteiger partial charge in [-0.3, -0.25) is 0 Å². The Bertz CT molecular complexity index is 781. The predicted molar refractivity (Wildman–Crippen MR) is 89.8 cm³/mol. The Morgan fingerprint density at radius 3 is 2.78 bits per heavy atom. The molecule has 0 amide bonds. The van der Waals surface area contributed by atoms with Crippen LogP contribution in [0.3, 0.4) is 0 Å². The maximum atomic E-state index is 5.62. The Hall–Kier alpha value is -2.63. The topological polar surface area (TPSA) is 64.3 Å². The molecule has 0 aliphatic heterocycles. The van der Waals surface area contributed by atoms with Crippen LogP contribution in [0.1, 0.15) is 37.6 Å². The summed E-state index contributed by atoms with van der Waals surface area (Å²) < 4.78 is 7.31. The van der Waals surface area contributed by atoms with E-state index in [1.165, 1.54) is 5.56 Å². The van der Waals surface area contributed by atoms with E-state index in [2.05, 4.69) is 46.6 Å². The molecule has 3 aromatic rings. The van der Waals surface area contributed by atoms with Gasteiger partial charge in [0.25, 0.3) is 0 Å². The van der Waals surface area contributed by atoms with Crippen molar-refractivity contribution in [2.24, 2.45) is 0 Å². The number of benzene rings is 1. The van der Waals surface area contributed by atoms with E-state index in [1.54, 1.807) is 10.8 Å². The van der Waals surface area contributed by atoms with E-state index < -0.39 is 0 Å². The molecule has 6 nitrogen and oxygen atoms in total. The van der Waals surface area contributed by atoms with Crippen LogP contribution in [0, 0.1) is 6.92 Å². The average Bonchev–Trinajstić information content (AvgIpc) is 3.01. The Labute approximate surface area is 135 Å². The number of rotatable bonds is 6. The molecule has 3 rings (SSSR count). The van der Waals surface area contributed by atoms with Crippen molar-refractivity contribution < 1.29 is 4.74 Å². The highest BCUT2D eigenvalue weighted by atomic mass is 16.5. The summed E-state index contributed by atoms with van der Waals surface area (Å²) in [5.74, 6) is 0.905. The molecule has 1 aromatic carbocycles. The fourth-order valence-electron chi connectivity index (χ4n) is 2.45. The number of anilines is 1. The zero-order valence-corrected chi connectivity index (χ0v) is 13.7. The number of hydrogen-bond donors (Lipinski definition) is 1. The maximum absolute atomic E-state index is 5.62. The molecule has 2 heterocycles. The third-order valence-electron chi connectivity index (χ3n) is 3.62. The highest BCUT2D eigenvalue weighted by molar-refractivity contribution is 5.67. The highest BCUT2D eigenvalue weighted by Gasteiger charge is 2.11. The van der Waals surface area contributed by atoms with Gasteiger partial charge in [0.05, 0.1) is 18.0 Å². The Balaban J connectivity index is 1.77. The fourth-order valence-corrected chi connectivity index (χ4v) is 2.45. The minimum atomic E-state index is 0.137. The van der Waals surface area contributed by atoms with E-state index in [0.29, 0.717) is 0 Å². The molecule has 120 valence electrons. The van der Waals surface area contributed by atoms with Crippen molar-refractivity contribution in [1.29, 1.82) is 0 Å². The number of hydrogen-bond acceptors (Lipinski definition) is 5. The lowest BCUT2D eigenvalue weighted by Crippen LogP contribution is -2.09. The number of nitrogens with one attached hydrogen (secondary N) is 1. The minimum absolute atomic E-state index is 0.137. The molecule has 2 aromatic heterocycles. The summed E-state index contributed by atoms with van der Waals surface area (Å²) in [6.45, 7) is 6.91. The van der Waals surface area contributed by atoms with Crippen LogP contribution >= 0.6 is 0 Å². The Morgan fingerprint density at radius 2 is 2.04 bits per heavy atom. The summed E-state index contributed by atoms with van der Waals surface area (Å²) in [7, 11) is 0. The zero-order valence-electron chi connectivity index (χ0n) is 13.7. The van der Waals surface area contributed by atoms with Gasteiger partial charge in [-0.15, -0.1) is 10.2 Å². The van der Waals surface area contributed by atoms with Crippen molar-refractivity contribution in [3.05, 3.63) is 47.9 Å². The van der Waals surface area contributed by atoms with Crippen LogP contribution in [0.5, 0.6) is 5.75 Å². The van der Waals surface area contributed by atoms with E-state index in [1.807, 2.05) is 25.1 Å². The van der Waals surface area contributed by atoms with Crippen LogP contribution in [-0.4, -0.2) is 26.4 Å². The van der Waals surface area contributed by atoms with Crippen LogP contribution in [0.2, 0.25) is 0 Å². The molecule has 0 saturated carbocycles. The smallest absolute Gasteiger partial charge is 0.200 e. The van der Waals surface area contributed by atoms with Crippen molar-refractivity contribution in [2.45, 2.75) is 33.2 Å². The van der Waals surface area contributed by atoms with Crippen molar-refractivity contribution in [3.8, 4) is 5.75 Å². The first-order chi connectivity index (χ1) is 11.2. The molecule has 1 N–H and O–H groups in total. The molecule has 23 heavy (non-hydrogen) atoms. The van der Waals surface area contributed by atoms with Gasteiger partial charge in [-0.05, 0) is 44.0 Å². The van der Waals surface area contributed by atoms with Crippen LogP contribution in [0.25, 0.3) is 5.65 Å². The molecule has 0 radical (unpaired) electrons. The van der Waals surface area contributed by atoms with Crippen molar-refractivity contribution in [1.82, 2.24) is 19.8 Å². The van der Waals surface area contributed by atoms with Crippen LogP contribution in [-0.2, 0) is 0 Å². The molecule has 0 aliphatic rings. The monoisotopic (exact) mass is 311 g/mol. The number of fused-ring (bicyclic) bond motifs is 1. The van der Waals surface area contributed by atoms with Gasteiger partial charge < -0.3 is 10.1 Å². The highest BCUT2D eigenvalue weighted by Crippen LogP contribution is 2.24. The Kier molecular flexibility index (Phi) is 4.41. The lowest BCUT2D eigenvalue weighted by Gasteiger charge is -2.17. The van der Waals surface area contributed by atoms with E-state index in [4.69, 9.17) is 4.74 Å². The predicted octanol–water partition coefficient (Wildman–Crippen LogP) is 3.39. The summed E-state index contributed by atoms with van der Waals surface area (Å²) in [4.78, 5) is 0. The van der Waals surface area contributed by atoms with Gasteiger partial charge in [-0.1, -0.05) is 19.1 Å². The normalized spacial score (nSPS) is 12.3. The molecular formula is C17H21N5O. The summed E-state index contributed by atoms with van der Waals surface area (Å²) in [5.41, 5.74) is 3.75. The van der Waals surface area contributed by atoms with Gasteiger partial charge in [-0.25, -0.2) is 0 Å². The standard InChI is InChI=1S/C17H21N5O/c1-4-9-23-15-7-5-14(6-8-15)13(3)19-16-10-12(2)21-22-11-18-20-17(16)22/h5-8,10-11,13,19H,4,9H2,1-3H3. The lowest BCUT2D eigenvalue weighted by molar-refractivity contribution is 0.317. The Morgan fingerprint density at radius 1 is 1.26 bits per heavy atom. The SMILES string of the molecule is CCCOc1ccc(C(C)Nc2cc(C)nn3cnnc23)cc1. The second-order valence-corrected chi connectivity index (χ2v) is 5.58. The summed E-state index contributed by atoms with van der Waals surface area (Å²) in [5, 5.41) is 15.9. The molecule has 6 heteroatoms. The first kappa shape index (κ1) is 15.3. The van der Waals surface area contributed by atoms with Gasteiger partial charge in [0.2, 0.25) is 5.65 Å². The molecular weight excluding hydrogens is 290 g/mol. The maximum Gasteiger partial charge on any atom is 0.200 e. The largest absolute Gasteiger partial charge is 0.494 e. The molecule has 0 spiro atoms. The van der Waals surface area contributed by atoms with E-state index >= 15 is 0 Å². The minimum Gasteiger partial charge on any atom is -0.494 e. The van der Waals surface area contributed by atoms with Crippen LogP contribution in [0.15, 0.2) is 36.7 Å². The first-order valence-electron chi connectivity index (χ1n) is 7.84. The zero-order chi connectivity index (χ0) is 16.2. The molecule has 0 saturated heterocycles. The van der Waals surface area contributed by atoms with Crippen molar-refractivity contribution >= 4 is 11.3 Å². The van der Waals surface area contributed by atoms with Crippen molar-refractivity contribution in [3.63, 3.8) is 0 Å². The average molecular weight is 311 g/mol. The summed E-state index contributed by atoms with van der Waals surface area (Å²) >= 11 is 0. The van der Waals surface area contributed by atoms with E-state index in [9.17, 15) is 0 Å². The summed E-state index contributed by atoms with van der Waals surface area (Å²) in [6, 6.07) is 10.3. The van der Waals surface area contributed by atoms with E-state index in [-0.39, 0.29) is 6.04 Å². The number of aromatic nitrogens is 4. The second kappa shape index (κ2) is 6.64. The number of nitrogens with zero attached hydrogens (tertiary/aromatic N) is 4. The molecule has 0 fully saturated rings. The van der Waals surface area contributed by atoms with Gasteiger partial charge in [-0.2, -0.15) is 9.61 Å². The van der Waals surface area contributed by atoms with E-state index in [0.717, 1.165) is 35.8 Å². The number of ether oxygens (including phenoxy) is 1. The summed E-state index contributed by atoms with van der Waals surface area (Å²) in [6.07, 6.45) is 2.62. The first-order valence-corrected chi connectivity index (χ1v) is 7.84. The third kappa shape index (κ3) is 3.41. The molecule has 0 aliphatic carbocycles. The number of aryl methyl sites for hydroxylation is 1. The molecule has 1 atom stereocenters. The molecule has 0 bridgehead atoms. The van der Waals surface area contributed by atoms with Crippen LogP contribution in [0.4, 0.5) is 5.69 Å².